The van der Waals surface area contributed by atoms with Gasteiger partial charge in [-0.1, -0.05) is 0 Å². The van der Waals surface area contributed by atoms with Crippen molar-refractivity contribution in [3.63, 3.8) is 0 Å². The molecule has 0 N–H and O–H groups in total. The van der Waals surface area contributed by atoms with Crippen molar-refractivity contribution in [1.29, 1.82) is 0 Å². The fraction of sp³-hybridized carbons (Fsp3) is 1.00. The Kier molecular flexibility index (Phi) is 1.56. The van der Waals surface area contributed by atoms with E-state index in [1.165, 1.54) is 0 Å². The second-order valence-electron chi connectivity index (χ2n) is 2.07. The molecule has 0 aliphatic carbocycles. The lowest BCUT2D eigenvalue weighted by Gasteiger charge is -1.92. The Balaban J connectivity index is 2.84. The summed E-state index contributed by atoms with van der Waals surface area (Å²) in [6.45, 7) is 0. The normalized spacial score (nSPS) is 25.6. The van der Waals surface area contributed by atoms with E-state index in [9.17, 15) is 4.21 Å². The first-order valence-electron chi connectivity index (χ1n) is 2.87. The van der Waals surface area contributed by atoms with Gasteiger partial charge >= 0.3 is 0 Å². The molecule has 0 aromatic heterocycles. The Morgan fingerprint density at radius 1 is 1.38 bits per heavy atom. The minimum absolute atomic E-state index is 0.837. The van der Waals surface area contributed by atoms with Gasteiger partial charge in [-0.2, -0.15) is 0 Å². The molecule has 0 atom stereocenters. The molecule has 8 heavy (non-hydrogen) atoms. The predicted molar refractivity (Wildman–Crippen MR) is 35.5 cm³/mol. The van der Waals surface area contributed by atoms with E-state index < -0.39 is 9.73 Å². The highest BCUT2D eigenvalue weighted by Gasteiger charge is 2.13. The lowest BCUT2D eigenvalue weighted by atomic mass is 10.4. The third-order valence-corrected chi connectivity index (χ3v) is 4.03. The molecular weight excluding hydrogens is 122 g/mol. The summed E-state index contributed by atoms with van der Waals surface area (Å²) in [6.07, 6.45) is 2.21. The molecule has 0 bridgehead atoms. The summed E-state index contributed by atoms with van der Waals surface area (Å²) in [5.41, 5.74) is 0. The van der Waals surface area contributed by atoms with Gasteiger partial charge in [0.05, 0.1) is 0 Å². The molecule has 2 nitrogen and oxygen atoms in total. The van der Waals surface area contributed by atoms with Gasteiger partial charge in [-0.05, 0) is 12.8 Å². The maximum absolute atomic E-state index is 11.2. The summed E-state index contributed by atoms with van der Waals surface area (Å²) in [7, 11) is -0.00630. The highest BCUT2D eigenvalue weighted by molar-refractivity contribution is 7.93. The van der Waals surface area contributed by atoms with Crippen molar-refractivity contribution < 1.29 is 4.21 Å². The summed E-state index contributed by atoms with van der Waals surface area (Å²) in [5.74, 6) is 1.67. The second-order valence-corrected chi connectivity index (χ2v) is 4.80. The first-order chi connectivity index (χ1) is 3.77. The molecule has 3 heteroatoms. The Morgan fingerprint density at radius 2 is 1.88 bits per heavy atom. The maximum atomic E-state index is 11.2. The highest BCUT2D eigenvalue weighted by atomic mass is 32.2. The summed E-state index contributed by atoms with van der Waals surface area (Å²) >= 11 is 0. The summed E-state index contributed by atoms with van der Waals surface area (Å²) in [4.78, 5) is 0. The minimum atomic E-state index is -1.67. The van der Waals surface area contributed by atoms with Crippen molar-refractivity contribution in [2.24, 2.45) is 4.36 Å². The molecule has 1 fully saturated rings. The van der Waals surface area contributed by atoms with Gasteiger partial charge in [0, 0.05) is 28.3 Å². The van der Waals surface area contributed by atoms with Crippen molar-refractivity contribution in [2.45, 2.75) is 12.8 Å². The van der Waals surface area contributed by atoms with E-state index in [0.717, 1.165) is 24.3 Å². The molecule has 0 unspecified atom stereocenters. The van der Waals surface area contributed by atoms with Crippen LogP contribution in [0.15, 0.2) is 4.36 Å². The van der Waals surface area contributed by atoms with Gasteiger partial charge in [0.2, 0.25) is 0 Å². The monoisotopic (exact) mass is 133 g/mol. The molecule has 0 amide bonds. The van der Waals surface area contributed by atoms with Crippen molar-refractivity contribution in [2.75, 3.05) is 18.6 Å². The summed E-state index contributed by atoms with van der Waals surface area (Å²) in [5, 5.41) is 0. The van der Waals surface area contributed by atoms with Crippen LogP contribution in [0.25, 0.3) is 0 Å². The van der Waals surface area contributed by atoms with Crippen LogP contribution in [-0.4, -0.2) is 22.8 Å². The smallest absolute Gasteiger partial charge is 0.0464 e. The van der Waals surface area contributed by atoms with E-state index in [0.29, 0.717) is 0 Å². The van der Waals surface area contributed by atoms with E-state index in [1.807, 2.05) is 0 Å². The van der Waals surface area contributed by atoms with Crippen LogP contribution in [0.3, 0.4) is 0 Å². The van der Waals surface area contributed by atoms with Gasteiger partial charge < -0.3 is 0 Å². The van der Waals surface area contributed by atoms with Crippen molar-refractivity contribution in [3.05, 3.63) is 0 Å². The van der Waals surface area contributed by atoms with E-state index in [2.05, 4.69) is 4.36 Å². The molecule has 48 valence electrons. The van der Waals surface area contributed by atoms with Crippen LogP contribution in [0, 0.1) is 0 Å². The lowest BCUT2D eigenvalue weighted by Crippen LogP contribution is -1.98. The number of rotatable bonds is 0. The first kappa shape index (κ1) is 6.08. The van der Waals surface area contributed by atoms with Crippen LogP contribution in [0.4, 0.5) is 0 Å². The van der Waals surface area contributed by atoms with E-state index in [-0.39, 0.29) is 0 Å². The van der Waals surface area contributed by atoms with Gasteiger partial charge in [-0.15, -0.1) is 0 Å². The molecule has 0 saturated carbocycles. The van der Waals surface area contributed by atoms with Crippen LogP contribution in [0.1, 0.15) is 12.8 Å². The van der Waals surface area contributed by atoms with Crippen LogP contribution < -0.4 is 0 Å². The maximum Gasteiger partial charge on any atom is 0.0464 e. The summed E-state index contributed by atoms with van der Waals surface area (Å²) < 4.78 is 15.0. The average molecular weight is 133 g/mol. The quantitative estimate of drug-likeness (QED) is 0.482. The van der Waals surface area contributed by atoms with Gasteiger partial charge in [0.15, 0.2) is 0 Å². The number of nitrogens with zero attached hydrogens (tertiary/aromatic N) is 1. The van der Waals surface area contributed by atoms with Gasteiger partial charge in [-0.3, -0.25) is 0 Å². The van der Waals surface area contributed by atoms with E-state index >= 15 is 0 Å². The standard InChI is InChI=1S/C5H11NOS/c1-6-8(7)4-2-3-5-8/h2-5H2,1H3. The van der Waals surface area contributed by atoms with Crippen LogP contribution >= 0.6 is 0 Å². The molecular formula is C5H11NOS. The van der Waals surface area contributed by atoms with Gasteiger partial charge in [0.1, 0.15) is 0 Å². The Labute approximate surface area is 50.5 Å². The zero-order valence-corrected chi connectivity index (χ0v) is 5.91. The van der Waals surface area contributed by atoms with E-state index in [4.69, 9.17) is 0 Å². The van der Waals surface area contributed by atoms with Crippen molar-refractivity contribution in [3.8, 4) is 0 Å². The molecule has 1 heterocycles. The fourth-order valence-corrected chi connectivity index (χ4v) is 2.82. The molecule has 1 aliphatic rings. The second kappa shape index (κ2) is 2.05. The van der Waals surface area contributed by atoms with Crippen LogP contribution in [0.2, 0.25) is 0 Å². The number of hydrogen-bond acceptors (Lipinski definition) is 2. The van der Waals surface area contributed by atoms with Crippen molar-refractivity contribution in [1.82, 2.24) is 0 Å². The fourth-order valence-electron chi connectivity index (χ4n) is 0.940. The average Bonchev–Trinajstić information content (AvgIpc) is 2.17. The molecule has 0 aromatic rings. The first-order valence-corrected chi connectivity index (χ1v) is 4.73. The van der Waals surface area contributed by atoms with E-state index in [1.54, 1.807) is 7.05 Å². The molecule has 1 rings (SSSR count). The largest absolute Gasteiger partial charge is 0.250 e. The Bertz CT molecular complexity index is 167. The molecule has 1 aliphatic heterocycles. The van der Waals surface area contributed by atoms with Gasteiger partial charge in [-0.25, -0.2) is 8.57 Å². The molecule has 0 aromatic carbocycles. The minimum Gasteiger partial charge on any atom is -0.250 e. The molecule has 1 saturated heterocycles. The predicted octanol–water partition coefficient (Wildman–Crippen LogP) is 0.878. The number of hydrogen-bond donors (Lipinski definition) is 0. The topological polar surface area (TPSA) is 29.4 Å². The van der Waals surface area contributed by atoms with Gasteiger partial charge in [0.25, 0.3) is 0 Å². The lowest BCUT2D eigenvalue weighted by molar-refractivity contribution is 0.680. The zero-order valence-electron chi connectivity index (χ0n) is 5.09. The Morgan fingerprint density at radius 3 is 2.12 bits per heavy atom. The Hall–Kier alpha value is -0.0500. The third-order valence-electron chi connectivity index (χ3n) is 1.51. The highest BCUT2D eigenvalue weighted by Crippen LogP contribution is 2.11. The zero-order chi connectivity index (χ0) is 6.04. The third kappa shape index (κ3) is 1.02. The SMILES string of the molecule is CN=S1(=O)CCCC1. The molecule has 0 spiro atoms. The van der Waals surface area contributed by atoms with Crippen molar-refractivity contribution >= 4 is 9.73 Å². The molecule has 0 radical (unpaired) electrons. The van der Waals surface area contributed by atoms with Crippen LogP contribution in [-0.2, 0) is 9.73 Å². The van der Waals surface area contributed by atoms with Crippen LogP contribution in [0.5, 0.6) is 0 Å². The summed E-state index contributed by atoms with van der Waals surface area (Å²) in [6, 6.07) is 0.